The van der Waals surface area contributed by atoms with Gasteiger partial charge in [0.25, 0.3) is 11.8 Å². The molecule has 1 atom stereocenters. The van der Waals surface area contributed by atoms with E-state index in [9.17, 15) is 14.4 Å². The van der Waals surface area contributed by atoms with Crippen molar-refractivity contribution in [2.45, 2.75) is 6.17 Å². The minimum absolute atomic E-state index is 0.0394. The molecule has 6 rings (SSSR count). The molecule has 0 spiro atoms. The summed E-state index contributed by atoms with van der Waals surface area (Å²) in [7, 11) is 0. The number of rotatable bonds is 5. The van der Waals surface area contributed by atoms with Crippen LogP contribution in [0.3, 0.4) is 0 Å². The molecule has 4 aromatic rings. The molecule has 0 bridgehead atoms. The number of hydrogen-bond acceptors (Lipinski definition) is 10. The summed E-state index contributed by atoms with van der Waals surface area (Å²) < 4.78 is 26.0. The molecule has 1 saturated heterocycles. The molecule has 194 valence electrons. The van der Waals surface area contributed by atoms with Crippen LogP contribution in [0.15, 0.2) is 70.2 Å². The maximum atomic E-state index is 14.7. The molecule has 1 amide bonds. The Hall–Kier alpha value is -5.15. The van der Waals surface area contributed by atoms with E-state index in [-0.39, 0.29) is 17.6 Å². The third kappa shape index (κ3) is 4.78. The third-order valence-corrected chi connectivity index (χ3v) is 6.31. The van der Waals surface area contributed by atoms with Crippen LogP contribution in [0.2, 0.25) is 0 Å². The van der Waals surface area contributed by atoms with Gasteiger partial charge in [-0.1, -0.05) is 47.6 Å². The SMILES string of the molecule is N#Cc1cnc(-c2nnc(N[C@H]3N=C(c4ccccc4)c4cccc(F)c4NC3=O)o2)c(N2CCOCC2)c1. The first-order valence-corrected chi connectivity index (χ1v) is 12.2. The molecule has 1 fully saturated rings. The van der Waals surface area contributed by atoms with Gasteiger partial charge < -0.3 is 24.7 Å². The zero-order valence-electron chi connectivity index (χ0n) is 20.5. The maximum absolute atomic E-state index is 14.7. The molecular formula is C27H21FN8O3. The Morgan fingerprint density at radius 2 is 1.92 bits per heavy atom. The van der Waals surface area contributed by atoms with Gasteiger partial charge in [0.2, 0.25) is 6.17 Å². The first-order valence-electron chi connectivity index (χ1n) is 12.2. The van der Waals surface area contributed by atoms with E-state index in [0.29, 0.717) is 60.1 Å². The van der Waals surface area contributed by atoms with E-state index in [4.69, 9.17) is 9.15 Å². The molecular weight excluding hydrogens is 503 g/mol. The Kier molecular flexibility index (Phi) is 6.40. The zero-order chi connectivity index (χ0) is 26.8. The number of hydrogen-bond donors (Lipinski definition) is 2. The van der Waals surface area contributed by atoms with Crippen LogP contribution >= 0.6 is 0 Å². The minimum atomic E-state index is -1.20. The molecule has 12 heteroatoms. The van der Waals surface area contributed by atoms with E-state index < -0.39 is 17.9 Å². The second kappa shape index (κ2) is 10.3. The Morgan fingerprint density at radius 1 is 1.10 bits per heavy atom. The van der Waals surface area contributed by atoms with E-state index in [1.807, 2.05) is 35.2 Å². The first kappa shape index (κ1) is 24.2. The van der Waals surface area contributed by atoms with Crippen molar-refractivity contribution in [3.05, 3.63) is 83.3 Å². The Labute approximate surface area is 222 Å². The molecule has 2 aromatic carbocycles. The summed E-state index contributed by atoms with van der Waals surface area (Å²) in [4.78, 5) is 24.2. The van der Waals surface area contributed by atoms with Gasteiger partial charge in [0.15, 0.2) is 5.69 Å². The van der Waals surface area contributed by atoms with Crippen LogP contribution in [0, 0.1) is 17.1 Å². The minimum Gasteiger partial charge on any atom is -0.402 e. The molecule has 2 aromatic heterocycles. The molecule has 39 heavy (non-hydrogen) atoms. The van der Waals surface area contributed by atoms with Gasteiger partial charge in [-0.05, 0) is 12.1 Å². The number of amides is 1. The van der Waals surface area contributed by atoms with Crippen molar-refractivity contribution in [2.24, 2.45) is 4.99 Å². The van der Waals surface area contributed by atoms with E-state index in [2.05, 4.69) is 36.9 Å². The van der Waals surface area contributed by atoms with Crippen LogP contribution < -0.4 is 15.5 Å². The quantitative estimate of drug-likeness (QED) is 0.402. The van der Waals surface area contributed by atoms with Gasteiger partial charge in [-0.3, -0.25) is 4.79 Å². The number of halogens is 1. The lowest BCUT2D eigenvalue weighted by Gasteiger charge is -2.29. The van der Waals surface area contributed by atoms with Gasteiger partial charge in [0.05, 0.1) is 35.9 Å². The number of aliphatic imine (C=N–C) groups is 1. The normalized spacial score (nSPS) is 16.9. The molecule has 2 aliphatic heterocycles. The number of nitrogens with one attached hydrogen (secondary N) is 2. The number of anilines is 3. The van der Waals surface area contributed by atoms with E-state index >= 15 is 0 Å². The van der Waals surface area contributed by atoms with Gasteiger partial charge >= 0.3 is 6.01 Å². The number of ether oxygens (including phenoxy) is 1. The van der Waals surface area contributed by atoms with Gasteiger partial charge in [-0.15, -0.1) is 5.10 Å². The van der Waals surface area contributed by atoms with E-state index in [0.717, 1.165) is 0 Å². The summed E-state index contributed by atoms with van der Waals surface area (Å²) >= 11 is 0. The number of pyridine rings is 1. The average molecular weight is 525 g/mol. The van der Waals surface area contributed by atoms with Gasteiger partial charge in [0, 0.05) is 30.4 Å². The highest BCUT2D eigenvalue weighted by Crippen LogP contribution is 2.31. The van der Waals surface area contributed by atoms with Gasteiger partial charge in [-0.2, -0.15) is 5.26 Å². The molecule has 0 saturated carbocycles. The molecule has 2 N–H and O–H groups in total. The van der Waals surface area contributed by atoms with Crippen LogP contribution in [0.1, 0.15) is 16.7 Å². The van der Waals surface area contributed by atoms with Crippen LogP contribution in [0.5, 0.6) is 0 Å². The first-order chi connectivity index (χ1) is 19.1. The van der Waals surface area contributed by atoms with Crippen molar-refractivity contribution in [2.75, 3.05) is 41.8 Å². The fraction of sp³-hybridized carbons (Fsp3) is 0.185. The van der Waals surface area contributed by atoms with Crippen molar-refractivity contribution in [3.8, 4) is 17.7 Å². The summed E-state index contributed by atoms with van der Waals surface area (Å²) in [6, 6.07) is 17.4. The summed E-state index contributed by atoms with van der Waals surface area (Å²) in [5, 5.41) is 23.0. The number of morpholine rings is 1. The predicted octanol–water partition coefficient (Wildman–Crippen LogP) is 3.21. The summed E-state index contributed by atoms with van der Waals surface area (Å²) in [5.41, 5.74) is 3.06. The van der Waals surface area contributed by atoms with Crippen LogP contribution in [-0.2, 0) is 9.53 Å². The smallest absolute Gasteiger partial charge is 0.317 e. The van der Waals surface area contributed by atoms with Crippen LogP contribution in [-0.4, -0.2) is 59.3 Å². The fourth-order valence-electron chi connectivity index (χ4n) is 4.44. The predicted molar refractivity (Wildman–Crippen MR) is 140 cm³/mol. The summed E-state index contributed by atoms with van der Waals surface area (Å²) in [6.07, 6.45) is 0.227. The van der Waals surface area contributed by atoms with Crippen LogP contribution in [0.4, 0.5) is 21.8 Å². The van der Waals surface area contributed by atoms with Gasteiger partial charge in [0.1, 0.15) is 11.9 Å². The monoisotopic (exact) mass is 524 g/mol. The van der Waals surface area contributed by atoms with Gasteiger partial charge in [-0.25, -0.2) is 14.4 Å². The van der Waals surface area contributed by atoms with Crippen molar-refractivity contribution in [1.29, 1.82) is 5.26 Å². The number of fused-ring (bicyclic) bond motifs is 1. The number of nitrogens with zero attached hydrogens (tertiary/aromatic N) is 6. The van der Waals surface area contributed by atoms with Crippen molar-refractivity contribution in [1.82, 2.24) is 15.2 Å². The highest BCUT2D eigenvalue weighted by molar-refractivity contribution is 6.19. The fourth-order valence-corrected chi connectivity index (χ4v) is 4.44. The maximum Gasteiger partial charge on any atom is 0.317 e. The number of benzene rings is 2. The lowest BCUT2D eigenvalue weighted by Crippen LogP contribution is -2.36. The topological polar surface area (TPSA) is 142 Å². The molecule has 0 radical (unpaired) electrons. The number of benzodiazepines with no additional fused rings is 1. The zero-order valence-corrected chi connectivity index (χ0v) is 20.5. The van der Waals surface area contributed by atoms with E-state index in [1.54, 1.807) is 18.2 Å². The van der Waals surface area contributed by atoms with E-state index in [1.165, 1.54) is 12.3 Å². The van der Waals surface area contributed by atoms with Crippen molar-refractivity contribution >= 4 is 29.0 Å². The summed E-state index contributed by atoms with van der Waals surface area (Å²) in [6.45, 7) is 2.29. The van der Waals surface area contributed by atoms with Crippen molar-refractivity contribution < 1.29 is 18.3 Å². The number of nitriles is 1. The number of aromatic nitrogens is 3. The molecule has 4 heterocycles. The molecule has 0 aliphatic carbocycles. The average Bonchev–Trinajstić information content (AvgIpc) is 3.39. The molecule has 2 aliphatic rings. The summed E-state index contributed by atoms with van der Waals surface area (Å²) in [5.74, 6) is -1.08. The molecule has 0 unspecified atom stereocenters. The Bertz CT molecular complexity index is 1610. The second-order valence-corrected chi connectivity index (χ2v) is 8.76. The Balaban J connectivity index is 1.34. The largest absolute Gasteiger partial charge is 0.402 e. The number of carbonyl (C=O) groups is 1. The number of para-hydroxylation sites is 1. The van der Waals surface area contributed by atoms with Crippen LogP contribution in [0.25, 0.3) is 11.6 Å². The molecule has 11 nitrogen and oxygen atoms in total. The second-order valence-electron chi connectivity index (χ2n) is 8.76. The lowest BCUT2D eigenvalue weighted by molar-refractivity contribution is -0.116. The highest BCUT2D eigenvalue weighted by atomic mass is 19.1. The lowest BCUT2D eigenvalue weighted by atomic mass is 10.0. The Morgan fingerprint density at radius 3 is 2.72 bits per heavy atom. The standard InChI is InChI=1S/C27H21FN8O3/c28-19-8-4-7-18-21(17-5-2-1-3-6-17)31-24(25(37)32-22(18)19)33-27-35-34-26(39-27)23-20(13-16(14-29)15-30-23)36-9-11-38-12-10-36/h1-8,13,15,24H,9-12H2,(H,32,37)(H,33,35)/t24-/m1/s1. The number of carbonyl (C=O) groups excluding carboxylic acids is 1. The van der Waals surface area contributed by atoms with Crippen molar-refractivity contribution in [3.63, 3.8) is 0 Å². The highest BCUT2D eigenvalue weighted by Gasteiger charge is 2.29. The third-order valence-electron chi connectivity index (χ3n) is 6.31.